The summed E-state index contributed by atoms with van der Waals surface area (Å²) in [7, 11) is 1.70. The summed E-state index contributed by atoms with van der Waals surface area (Å²) < 4.78 is 5.31. The Morgan fingerprint density at radius 1 is 1.29 bits per heavy atom. The van der Waals surface area contributed by atoms with Crippen LogP contribution in [0.2, 0.25) is 0 Å². The van der Waals surface area contributed by atoms with Crippen molar-refractivity contribution in [3.05, 3.63) is 41.2 Å². The minimum absolute atomic E-state index is 0.0401. The van der Waals surface area contributed by atoms with Crippen molar-refractivity contribution in [2.24, 2.45) is 0 Å². The second kappa shape index (κ2) is 7.05. The zero-order valence-corrected chi connectivity index (χ0v) is 14.4. The van der Waals surface area contributed by atoms with Crippen LogP contribution < -0.4 is 15.0 Å². The smallest absolute Gasteiger partial charge is 0.134 e. The molecule has 0 amide bonds. The zero-order chi connectivity index (χ0) is 17.1. The van der Waals surface area contributed by atoms with Crippen LogP contribution in [0, 0.1) is 6.92 Å². The van der Waals surface area contributed by atoms with E-state index in [-0.39, 0.29) is 12.6 Å². The third-order valence-corrected chi connectivity index (χ3v) is 4.24. The normalized spacial score (nSPS) is 14.9. The van der Waals surface area contributed by atoms with Crippen LogP contribution in [0.5, 0.6) is 5.75 Å². The molecule has 2 aromatic rings. The zero-order valence-electron chi connectivity index (χ0n) is 14.4. The third-order valence-electron chi connectivity index (χ3n) is 4.24. The molecule has 0 fully saturated rings. The highest BCUT2D eigenvalue weighted by molar-refractivity contribution is 5.52. The maximum Gasteiger partial charge on any atom is 0.134 e. The summed E-state index contributed by atoms with van der Waals surface area (Å²) in [5.41, 5.74) is 2.64. The molecule has 0 unspecified atom stereocenters. The van der Waals surface area contributed by atoms with E-state index in [0.717, 1.165) is 42.7 Å². The largest absolute Gasteiger partial charge is 0.497 e. The number of hydrogen-bond donors (Lipinski definition) is 2. The van der Waals surface area contributed by atoms with Gasteiger partial charge in [0.05, 0.1) is 13.7 Å². The number of nitrogens with one attached hydrogen (secondary N) is 1. The fourth-order valence-electron chi connectivity index (χ4n) is 2.94. The first-order chi connectivity index (χ1) is 11.6. The first kappa shape index (κ1) is 16.5. The lowest BCUT2D eigenvalue weighted by atomic mass is 9.99. The molecular weight excluding hydrogens is 304 g/mol. The predicted octanol–water partition coefficient (Wildman–Crippen LogP) is 2.15. The van der Waals surface area contributed by atoms with Gasteiger partial charge in [-0.25, -0.2) is 9.97 Å². The minimum Gasteiger partial charge on any atom is -0.497 e. The molecule has 0 saturated heterocycles. The molecule has 0 bridgehead atoms. The van der Waals surface area contributed by atoms with Crippen molar-refractivity contribution in [3.8, 4) is 5.75 Å². The lowest BCUT2D eigenvalue weighted by Gasteiger charge is -2.30. The Balaban J connectivity index is 1.82. The molecule has 0 spiro atoms. The molecule has 24 heavy (non-hydrogen) atoms. The van der Waals surface area contributed by atoms with E-state index in [2.05, 4.69) is 32.3 Å². The van der Waals surface area contributed by atoms with Gasteiger partial charge in [0, 0.05) is 25.2 Å². The molecule has 1 aliphatic heterocycles. The standard InChI is InChI=1S/C18H24N4O2/c1-12(11-23)19-17-9-18(21-13(2)20-17)22-7-6-14-8-16(24-3)5-4-15(14)10-22/h4-5,8-9,12,23H,6-7,10-11H2,1-3H3,(H,19,20,21)/t12-/m1/s1. The van der Waals surface area contributed by atoms with Crippen molar-refractivity contribution in [3.63, 3.8) is 0 Å². The summed E-state index contributed by atoms with van der Waals surface area (Å²) in [6.07, 6.45) is 0.964. The Morgan fingerprint density at radius 2 is 2.12 bits per heavy atom. The van der Waals surface area contributed by atoms with Gasteiger partial charge in [-0.15, -0.1) is 0 Å². The molecule has 0 aliphatic carbocycles. The summed E-state index contributed by atoms with van der Waals surface area (Å²) in [5.74, 6) is 3.29. The van der Waals surface area contributed by atoms with E-state index >= 15 is 0 Å². The Bertz CT molecular complexity index is 720. The molecule has 6 nitrogen and oxygen atoms in total. The van der Waals surface area contributed by atoms with Gasteiger partial charge >= 0.3 is 0 Å². The second-order valence-electron chi connectivity index (χ2n) is 6.19. The lowest BCUT2D eigenvalue weighted by molar-refractivity contribution is 0.281. The quantitative estimate of drug-likeness (QED) is 0.876. The van der Waals surface area contributed by atoms with Crippen molar-refractivity contribution in [2.75, 3.05) is 30.5 Å². The first-order valence-corrected chi connectivity index (χ1v) is 8.23. The van der Waals surface area contributed by atoms with Gasteiger partial charge in [-0.05, 0) is 43.5 Å². The fraction of sp³-hybridized carbons (Fsp3) is 0.444. The highest BCUT2D eigenvalue weighted by Crippen LogP contribution is 2.27. The molecule has 0 saturated carbocycles. The number of fused-ring (bicyclic) bond motifs is 1. The van der Waals surface area contributed by atoms with E-state index in [1.807, 2.05) is 26.0 Å². The van der Waals surface area contributed by atoms with Crippen LogP contribution in [-0.2, 0) is 13.0 Å². The summed E-state index contributed by atoms with van der Waals surface area (Å²) in [5, 5.41) is 12.4. The van der Waals surface area contributed by atoms with Crippen LogP contribution in [0.1, 0.15) is 23.9 Å². The number of ether oxygens (including phenoxy) is 1. The topological polar surface area (TPSA) is 70.5 Å². The van der Waals surface area contributed by atoms with Gasteiger partial charge in [0.2, 0.25) is 0 Å². The highest BCUT2D eigenvalue weighted by atomic mass is 16.5. The average Bonchev–Trinajstić information content (AvgIpc) is 2.60. The van der Waals surface area contributed by atoms with Crippen LogP contribution in [0.15, 0.2) is 24.3 Å². The predicted molar refractivity (Wildman–Crippen MR) is 94.7 cm³/mol. The molecule has 1 aliphatic rings. The summed E-state index contributed by atoms with van der Waals surface area (Å²) >= 11 is 0. The van der Waals surface area contributed by atoms with E-state index in [1.165, 1.54) is 11.1 Å². The van der Waals surface area contributed by atoms with Crippen molar-refractivity contribution in [1.29, 1.82) is 0 Å². The van der Waals surface area contributed by atoms with Gasteiger partial charge in [0.15, 0.2) is 0 Å². The molecule has 2 N–H and O–H groups in total. The van der Waals surface area contributed by atoms with Gasteiger partial charge < -0.3 is 20.1 Å². The van der Waals surface area contributed by atoms with Gasteiger partial charge in [0.1, 0.15) is 23.2 Å². The molecular formula is C18H24N4O2. The SMILES string of the molecule is COc1ccc2c(c1)CCN(c1cc(N[C@H](C)CO)nc(C)n1)C2. The molecule has 1 aromatic heterocycles. The number of aryl methyl sites for hydroxylation is 1. The Morgan fingerprint density at radius 3 is 2.88 bits per heavy atom. The van der Waals surface area contributed by atoms with Crippen molar-refractivity contribution in [2.45, 2.75) is 32.9 Å². The molecule has 6 heteroatoms. The van der Waals surface area contributed by atoms with Crippen molar-refractivity contribution >= 4 is 11.6 Å². The van der Waals surface area contributed by atoms with Gasteiger partial charge in [-0.3, -0.25) is 0 Å². The maximum absolute atomic E-state index is 9.21. The molecule has 0 radical (unpaired) electrons. The Labute approximate surface area is 142 Å². The third kappa shape index (κ3) is 3.59. The van der Waals surface area contributed by atoms with Crippen LogP contribution in [0.3, 0.4) is 0 Å². The lowest BCUT2D eigenvalue weighted by Crippen LogP contribution is -2.31. The number of aliphatic hydroxyl groups excluding tert-OH is 1. The number of aromatic nitrogens is 2. The van der Waals surface area contributed by atoms with Crippen LogP contribution >= 0.6 is 0 Å². The maximum atomic E-state index is 9.21. The molecule has 128 valence electrons. The second-order valence-corrected chi connectivity index (χ2v) is 6.19. The van der Waals surface area contributed by atoms with E-state index in [1.54, 1.807) is 7.11 Å². The summed E-state index contributed by atoms with van der Waals surface area (Å²) in [6, 6.07) is 8.16. The molecule has 1 aromatic carbocycles. The molecule has 1 atom stereocenters. The van der Waals surface area contributed by atoms with Crippen LogP contribution in [0.4, 0.5) is 11.6 Å². The summed E-state index contributed by atoms with van der Waals surface area (Å²) in [6.45, 7) is 5.61. The number of methoxy groups -OCH3 is 1. The minimum atomic E-state index is -0.0401. The number of aliphatic hydroxyl groups is 1. The first-order valence-electron chi connectivity index (χ1n) is 8.23. The van der Waals surface area contributed by atoms with Crippen molar-refractivity contribution in [1.82, 2.24) is 9.97 Å². The number of rotatable bonds is 5. The van der Waals surface area contributed by atoms with Gasteiger partial charge in [0.25, 0.3) is 0 Å². The van der Waals surface area contributed by atoms with Crippen LogP contribution in [0.25, 0.3) is 0 Å². The van der Waals surface area contributed by atoms with Gasteiger partial charge in [-0.2, -0.15) is 0 Å². The molecule has 3 rings (SSSR count). The average molecular weight is 328 g/mol. The number of hydrogen-bond acceptors (Lipinski definition) is 6. The van der Waals surface area contributed by atoms with Crippen LogP contribution in [-0.4, -0.2) is 41.4 Å². The highest BCUT2D eigenvalue weighted by Gasteiger charge is 2.19. The summed E-state index contributed by atoms with van der Waals surface area (Å²) in [4.78, 5) is 11.3. The van der Waals surface area contributed by atoms with E-state index in [0.29, 0.717) is 0 Å². The molecule has 2 heterocycles. The fourth-order valence-corrected chi connectivity index (χ4v) is 2.94. The number of nitrogens with zero attached hydrogens (tertiary/aromatic N) is 3. The Kier molecular flexibility index (Phi) is 4.85. The monoisotopic (exact) mass is 328 g/mol. The van der Waals surface area contributed by atoms with E-state index in [4.69, 9.17) is 4.74 Å². The van der Waals surface area contributed by atoms with Gasteiger partial charge in [-0.1, -0.05) is 6.07 Å². The number of anilines is 2. The number of benzene rings is 1. The van der Waals surface area contributed by atoms with E-state index in [9.17, 15) is 5.11 Å². The van der Waals surface area contributed by atoms with Crippen molar-refractivity contribution < 1.29 is 9.84 Å². The van der Waals surface area contributed by atoms with E-state index < -0.39 is 0 Å². The Hall–Kier alpha value is -2.34.